The van der Waals surface area contributed by atoms with E-state index in [0.29, 0.717) is 0 Å². The van der Waals surface area contributed by atoms with Crippen molar-refractivity contribution in [3.8, 4) is 0 Å². The number of hydrogen-bond donors (Lipinski definition) is 1. The first-order chi connectivity index (χ1) is 8.67. The maximum absolute atomic E-state index is 11.4. The van der Waals surface area contributed by atoms with Crippen LogP contribution in [0.15, 0.2) is 24.3 Å². The van der Waals surface area contributed by atoms with Crippen LogP contribution in [0.5, 0.6) is 0 Å². The monoisotopic (exact) mass is 248 g/mol. The molecule has 1 aromatic rings. The van der Waals surface area contributed by atoms with E-state index in [1.165, 1.54) is 24.8 Å². The highest BCUT2D eigenvalue weighted by Gasteiger charge is 2.04. The molecule has 0 saturated heterocycles. The fourth-order valence-electron chi connectivity index (χ4n) is 1.93. The Balaban J connectivity index is 2.45. The van der Waals surface area contributed by atoms with Gasteiger partial charge in [-0.15, -0.1) is 0 Å². The molecule has 3 heteroatoms. The van der Waals surface area contributed by atoms with Gasteiger partial charge in [0.2, 0.25) is 0 Å². The molecule has 0 heterocycles. The maximum Gasteiger partial charge on any atom is 0.251 e. The Bertz CT molecular complexity index is 359. The molecule has 0 aliphatic carbocycles. The lowest BCUT2D eigenvalue weighted by molar-refractivity contribution is 0.0963. The van der Waals surface area contributed by atoms with Crippen LogP contribution in [0.4, 0.5) is 0 Å². The molecule has 0 fully saturated rings. The third kappa shape index (κ3) is 4.88. The van der Waals surface area contributed by atoms with Gasteiger partial charge in [0, 0.05) is 19.2 Å². The maximum atomic E-state index is 11.4. The molecule has 0 aliphatic heterocycles. The van der Waals surface area contributed by atoms with E-state index in [2.05, 4.69) is 24.2 Å². The topological polar surface area (TPSA) is 32.3 Å². The SMILES string of the molecule is CCCCCN(C)Cc1ccc(C(=O)NC)cc1. The fourth-order valence-corrected chi connectivity index (χ4v) is 1.93. The van der Waals surface area contributed by atoms with Crippen LogP contribution < -0.4 is 5.32 Å². The minimum atomic E-state index is -0.0298. The van der Waals surface area contributed by atoms with Crippen molar-refractivity contribution in [3.63, 3.8) is 0 Å². The minimum Gasteiger partial charge on any atom is -0.355 e. The second kappa shape index (κ2) is 7.88. The van der Waals surface area contributed by atoms with Gasteiger partial charge in [0.15, 0.2) is 0 Å². The largest absolute Gasteiger partial charge is 0.355 e. The summed E-state index contributed by atoms with van der Waals surface area (Å²) in [6.45, 7) is 4.29. The lowest BCUT2D eigenvalue weighted by Crippen LogP contribution is -2.20. The summed E-state index contributed by atoms with van der Waals surface area (Å²) < 4.78 is 0. The number of hydrogen-bond acceptors (Lipinski definition) is 2. The van der Waals surface area contributed by atoms with E-state index in [1.807, 2.05) is 24.3 Å². The molecule has 0 radical (unpaired) electrons. The van der Waals surface area contributed by atoms with Crippen molar-refractivity contribution in [3.05, 3.63) is 35.4 Å². The molecule has 0 aliphatic rings. The van der Waals surface area contributed by atoms with Gasteiger partial charge in [0.25, 0.3) is 5.91 Å². The number of benzene rings is 1. The Labute approximate surface area is 110 Å². The normalized spacial score (nSPS) is 10.7. The highest BCUT2D eigenvalue weighted by Crippen LogP contribution is 2.07. The van der Waals surface area contributed by atoms with Crippen LogP contribution in [-0.2, 0) is 6.54 Å². The summed E-state index contributed by atoms with van der Waals surface area (Å²) in [6, 6.07) is 7.82. The van der Waals surface area contributed by atoms with Gasteiger partial charge >= 0.3 is 0 Å². The van der Waals surface area contributed by atoms with E-state index in [9.17, 15) is 4.79 Å². The molecule has 0 unspecified atom stereocenters. The van der Waals surface area contributed by atoms with E-state index >= 15 is 0 Å². The molecular formula is C15H24N2O. The summed E-state index contributed by atoms with van der Waals surface area (Å²) in [5.41, 5.74) is 1.97. The molecule has 1 rings (SSSR count). The van der Waals surface area contributed by atoms with Gasteiger partial charge in [-0.1, -0.05) is 31.9 Å². The van der Waals surface area contributed by atoms with Crippen LogP contribution in [0, 0.1) is 0 Å². The van der Waals surface area contributed by atoms with Crippen molar-refractivity contribution in [2.75, 3.05) is 20.6 Å². The van der Waals surface area contributed by atoms with Crippen LogP contribution >= 0.6 is 0 Å². The molecule has 100 valence electrons. The van der Waals surface area contributed by atoms with Gasteiger partial charge in [-0.3, -0.25) is 4.79 Å². The van der Waals surface area contributed by atoms with Gasteiger partial charge in [-0.25, -0.2) is 0 Å². The second-order valence-corrected chi connectivity index (χ2v) is 4.72. The first-order valence-electron chi connectivity index (χ1n) is 6.67. The average Bonchev–Trinajstić information content (AvgIpc) is 2.39. The Morgan fingerprint density at radius 2 is 1.89 bits per heavy atom. The highest BCUT2D eigenvalue weighted by atomic mass is 16.1. The number of unbranched alkanes of at least 4 members (excludes halogenated alkanes) is 2. The Hall–Kier alpha value is -1.35. The second-order valence-electron chi connectivity index (χ2n) is 4.72. The summed E-state index contributed by atoms with van der Waals surface area (Å²) in [5, 5.41) is 2.63. The number of rotatable bonds is 7. The summed E-state index contributed by atoms with van der Waals surface area (Å²) in [6.07, 6.45) is 3.80. The van der Waals surface area contributed by atoms with Crippen molar-refractivity contribution < 1.29 is 4.79 Å². The summed E-state index contributed by atoms with van der Waals surface area (Å²) in [4.78, 5) is 13.7. The molecule has 0 aromatic heterocycles. The zero-order valence-corrected chi connectivity index (χ0v) is 11.7. The molecule has 1 aromatic carbocycles. The molecular weight excluding hydrogens is 224 g/mol. The highest BCUT2D eigenvalue weighted by molar-refractivity contribution is 5.93. The smallest absolute Gasteiger partial charge is 0.251 e. The van der Waals surface area contributed by atoms with Crippen LogP contribution in [0.25, 0.3) is 0 Å². The predicted octanol–water partition coefficient (Wildman–Crippen LogP) is 2.67. The lowest BCUT2D eigenvalue weighted by atomic mass is 10.1. The Morgan fingerprint density at radius 1 is 1.22 bits per heavy atom. The Kier molecular flexibility index (Phi) is 6.44. The first-order valence-corrected chi connectivity index (χ1v) is 6.67. The quantitative estimate of drug-likeness (QED) is 0.752. The van der Waals surface area contributed by atoms with E-state index in [-0.39, 0.29) is 5.91 Å². The molecule has 1 N–H and O–H groups in total. The standard InChI is InChI=1S/C15H24N2O/c1-4-5-6-11-17(3)12-13-7-9-14(10-8-13)15(18)16-2/h7-10H,4-6,11-12H2,1-3H3,(H,16,18). The molecule has 0 atom stereocenters. The van der Waals surface area contributed by atoms with Crippen molar-refractivity contribution >= 4 is 5.91 Å². The van der Waals surface area contributed by atoms with Crippen molar-refractivity contribution in [2.24, 2.45) is 0 Å². The van der Waals surface area contributed by atoms with Crippen molar-refractivity contribution in [1.29, 1.82) is 0 Å². The summed E-state index contributed by atoms with van der Waals surface area (Å²) in [7, 11) is 3.79. The van der Waals surface area contributed by atoms with Gasteiger partial charge < -0.3 is 10.2 Å². The zero-order valence-electron chi connectivity index (χ0n) is 11.7. The average molecular weight is 248 g/mol. The van der Waals surface area contributed by atoms with E-state index in [0.717, 1.165) is 18.7 Å². The van der Waals surface area contributed by atoms with Gasteiger partial charge in [-0.2, -0.15) is 0 Å². The molecule has 3 nitrogen and oxygen atoms in total. The number of nitrogens with one attached hydrogen (secondary N) is 1. The molecule has 1 amide bonds. The van der Waals surface area contributed by atoms with Gasteiger partial charge in [0.1, 0.15) is 0 Å². The summed E-state index contributed by atoms with van der Waals surface area (Å²) >= 11 is 0. The number of nitrogens with zero attached hydrogens (tertiary/aromatic N) is 1. The third-order valence-corrected chi connectivity index (χ3v) is 3.04. The Morgan fingerprint density at radius 3 is 2.44 bits per heavy atom. The zero-order chi connectivity index (χ0) is 13.4. The third-order valence-electron chi connectivity index (χ3n) is 3.04. The van der Waals surface area contributed by atoms with E-state index < -0.39 is 0 Å². The van der Waals surface area contributed by atoms with Crippen molar-refractivity contribution in [2.45, 2.75) is 32.7 Å². The van der Waals surface area contributed by atoms with Crippen molar-refractivity contribution in [1.82, 2.24) is 10.2 Å². The van der Waals surface area contributed by atoms with E-state index in [1.54, 1.807) is 7.05 Å². The van der Waals surface area contributed by atoms with Gasteiger partial charge in [0.05, 0.1) is 0 Å². The van der Waals surface area contributed by atoms with E-state index in [4.69, 9.17) is 0 Å². The number of amides is 1. The molecule has 0 saturated carbocycles. The molecule has 0 bridgehead atoms. The lowest BCUT2D eigenvalue weighted by Gasteiger charge is -2.16. The van der Waals surface area contributed by atoms with Crippen LogP contribution in [-0.4, -0.2) is 31.4 Å². The van der Waals surface area contributed by atoms with Crippen LogP contribution in [0.1, 0.15) is 42.1 Å². The number of carbonyl (C=O) groups is 1. The molecule has 18 heavy (non-hydrogen) atoms. The first kappa shape index (κ1) is 14.7. The minimum absolute atomic E-state index is 0.0298. The van der Waals surface area contributed by atoms with Gasteiger partial charge in [-0.05, 0) is 37.7 Å². The number of carbonyl (C=O) groups excluding carboxylic acids is 1. The molecule has 0 spiro atoms. The van der Waals surface area contributed by atoms with Crippen LogP contribution in [0.3, 0.4) is 0 Å². The fraction of sp³-hybridized carbons (Fsp3) is 0.533. The predicted molar refractivity (Wildman–Crippen MR) is 75.7 cm³/mol. The van der Waals surface area contributed by atoms with Crippen LogP contribution in [0.2, 0.25) is 0 Å². The summed E-state index contributed by atoms with van der Waals surface area (Å²) in [5.74, 6) is -0.0298.